The molecule has 3 heteroatoms. The van der Waals surface area contributed by atoms with E-state index in [9.17, 15) is 4.79 Å². The molecule has 0 unspecified atom stereocenters. The van der Waals surface area contributed by atoms with Crippen LogP contribution in [0.15, 0.2) is 60.9 Å². The first-order chi connectivity index (χ1) is 9.18. The van der Waals surface area contributed by atoms with Gasteiger partial charge in [-0.25, -0.2) is 0 Å². The molecular weight excluding hydrogens is 236 g/mol. The van der Waals surface area contributed by atoms with Gasteiger partial charge in [-0.15, -0.1) is 0 Å². The van der Waals surface area contributed by atoms with Crippen molar-refractivity contribution in [2.45, 2.75) is 25.9 Å². The molecule has 1 aromatic heterocycles. The van der Waals surface area contributed by atoms with Crippen molar-refractivity contribution in [3.05, 3.63) is 66.5 Å². The van der Waals surface area contributed by atoms with Crippen LogP contribution in [0.4, 0.5) is 0 Å². The van der Waals surface area contributed by atoms with Gasteiger partial charge in [-0.05, 0) is 12.5 Å². The van der Waals surface area contributed by atoms with Crippen molar-refractivity contribution < 1.29 is 9.36 Å². The molecule has 0 fully saturated rings. The number of carbonyl (C=O) groups is 1. The van der Waals surface area contributed by atoms with Crippen LogP contribution >= 0.6 is 0 Å². The Bertz CT molecular complexity index is 525. The zero-order valence-corrected chi connectivity index (χ0v) is 11.3. The van der Waals surface area contributed by atoms with Crippen molar-refractivity contribution in [1.29, 1.82) is 0 Å². The molecule has 0 saturated heterocycles. The summed E-state index contributed by atoms with van der Waals surface area (Å²) in [5.74, 6) is 0.0209. The third-order valence-corrected chi connectivity index (χ3v) is 3.22. The van der Waals surface area contributed by atoms with Gasteiger partial charge in [0.25, 0.3) is 5.91 Å². The van der Waals surface area contributed by atoms with E-state index in [1.54, 1.807) is 0 Å². The van der Waals surface area contributed by atoms with Crippen molar-refractivity contribution in [2.75, 3.05) is 0 Å². The second kappa shape index (κ2) is 6.14. The molecule has 0 bridgehead atoms. The standard InChI is InChI=1S/C16H18N2O/c1-13(15-9-5-3-6-10-15)17-16(19)14(2)18-11-7-4-8-12-18/h3-14H,1-2H3/p+1/t13-,14+/m1/s1. The third kappa shape index (κ3) is 3.41. The number of hydrogen-bond donors (Lipinski definition) is 1. The second-order valence-corrected chi connectivity index (χ2v) is 4.64. The average Bonchev–Trinajstić information content (AvgIpc) is 2.48. The second-order valence-electron chi connectivity index (χ2n) is 4.64. The molecule has 0 radical (unpaired) electrons. The Morgan fingerprint density at radius 3 is 2.21 bits per heavy atom. The summed E-state index contributed by atoms with van der Waals surface area (Å²) in [6.07, 6.45) is 3.80. The summed E-state index contributed by atoms with van der Waals surface area (Å²) in [6.45, 7) is 3.89. The minimum atomic E-state index is -0.215. The molecule has 2 aromatic rings. The molecule has 1 N–H and O–H groups in total. The maximum absolute atomic E-state index is 12.2. The van der Waals surface area contributed by atoms with E-state index < -0.39 is 0 Å². The van der Waals surface area contributed by atoms with Gasteiger partial charge in [-0.1, -0.05) is 36.4 Å². The first-order valence-electron chi connectivity index (χ1n) is 6.49. The summed E-state index contributed by atoms with van der Waals surface area (Å²) in [5, 5.41) is 3.03. The molecule has 0 spiro atoms. The van der Waals surface area contributed by atoms with E-state index >= 15 is 0 Å². The van der Waals surface area contributed by atoms with E-state index in [-0.39, 0.29) is 18.0 Å². The number of amides is 1. The van der Waals surface area contributed by atoms with Crippen LogP contribution in [0.5, 0.6) is 0 Å². The third-order valence-electron chi connectivity index (χ3n) is 3.22. The molecule has 1 heterocycles. The number of hydrogen-bond acceptors (Lipinski definition) is 1. The first-order valence-corrected chi connectivity index (χ1v) is 6.49. The van der Waals surface area contributed by atoms with Crippen molar-refractivity contribution in [3.8, 4) is 0 Å². The fraction of sp³-hybridized carbons (Fsp3) is 0.250. The van der Waals surface area contributed by atoms with Gasteiger partial charge in [0.2, 0.25) is 6.04 Å². The molecule has 0 saturated carbocycles. The monoisotopic (exact) mass is 255 g/mol. The Kier molecular flexibility index (Phi) is 4.29. The predicted octanol–water partition coefficient (Wildman–Crippen LogP) is 2.41. The predicted molar refractivity (Wildman–Crippen MR) is 74.3 cm³/mol. The largest absolute Gasteiger partial charge is 0.344 e. The SMILES string of the molecule is C[C@@H](NC(=O)[C@H](C)[n+]1ccccc1)c1ccccc1. The molecule has 19 heavy (non-hydrogen) atoms. The Hall–Kier alpha value is -2.16. The Morgan fingerprint density at radius 2 is 1.58 bits per heavy atom. The molecule has 3 nitrogen and oxygen atoms in total. The quantitative estimate of drug-likeness (QED) is 0.836. The number of carbonyl (C=O) groups excluding carboxylic acids is 1. The summed E-state index contributed by atoms with van der Waals surface area (Å²) in [7, 11) is 0. The van der Waals surface area contributed by atoms with Gasteiger partial charge in [-0.2, -0.15) is 4.57 Å². The average molecular weight is 255 g/mol. The molecule has 1 aromatic carbocycles. The van der Waals surface area contributed by atoms with Crippen molar-refractivity contribution in [3.63, 3.8) is 0 Å². The number of rotatable bonds is 4. The lowest BCUT2D eigenvalue weighted by Crippen LogP contribution is -2.46. The fourth-order valence-electron chi connectivity index (χ4n) is 1.96. The van der Waals surface area contributed by atoms with E-state index in [0.717, 1.165) is 5.56 Å². The topological polar surface area (TPSA) is 33.0 Å². The van der Waals surface area contributed by atoms with Crippen molar-refractivity contribution >= 4 is 5.91 Å². The van der Waals surface area contributed by atoms with Crippen LogP contribution < -0.4 is 9.88 Å². The van der Waals surface area contributed by atoms with E-state index in [4.69, 9.17) is 0 Å². The van der Waals surface area contributed by atoms with Gasteiger partial charge in [0.05, 0.1) is 6.04 Å². The van der Waals surface area contributed by atoms with E-state index in [1.165, 1.54) is 0 Å². The Balaban J connectivity index is 2.02. The number of aromatic nitrogens is 1. The lowest BCUT2D eigenvalue weighted by Gasteiger charge is -2.15. The number of nitrogens with zero attached hydrogens (tertiary/aromatic N) is 1. The van der Waals surface area contributed by atoms with Crippen LogP contribution in [0, 0.1) is 0 Å². The zero-order chi connectivity index (χ0) is 13.7. The minimum absolute atomic E-state index is 0.0143. The molecule has 0 aliphatic rings. The van der Waals surface area contributed by atoms with E-state index in [2.05, 4.69) is 5.32 Å². The maximum atomic E-state index is 12.2. The van der Waals surface area contributed by atoms with Crippen LogP contribution in [0.25, 0.3) is 0 Å². The number of nitrogens with one attached hydrogen (secondary N) is 1. The Labute approximate surface area is 113 Å². The van der Waals surface area contributed by atoms with Crippen molar-refractivity contribution in [2.24, 2.45) is 0 Å². The molecule has 98 valence electrons. The van der Waals surface area contributed by atoms with Gasteiger partial charge in [0.15, 0.2) is 12.4 Å². The normalized spacial score (nSPS) is 13.6. The molecule has 1 amide bonds. The lowest BCUT2D eigenvalue weighted by atomic mass is 10.1. The van der Waals surface area contributed by atoms with Gasteiger partial charge >= 0.3 is 0 Å². The summed E-state index contributed by atoms with van der Waals surface area (Å²) in [4.78, 5) is 12.2. The van der Waals surface area contributed by atoms with Crippen LogP contribution in [0.1, 0.15) is 31.5 Å². The zero-order valence-electron chi connectivity index (χ0n) is 11.3. The first kappa shape index (κ1) is 13.3. The van der Waals surface area contributed by atoms with E-state index in [0.29, 0.717) is 0 Å². The summed E-state index contributed by atoms with van der Waals surface area (Å²) in [6, 6.07) is 15.5. The summed E-state index contributed by atoms with van der Waals surface area (Å²) in [5.41, 5.74) is 1.11. The Morgan fingerprint density at radius 1 is 1.00 bits per heavy atom. The lowest BCUT2D eigenvalue weighted by molar-refractivity contribution is -0.706. The number of pyridine rings is 1. The van der Waals surface area contributed by atoms with E-state index in [1.807, 2.05) is 79.3 Å². The highest BCUT2D eigenvalue weighted by atomic mass is 16.2. The van der Waals surface area contributed by atoms with Gasteiger partial charge in [0, 0.05) is 19.1 Å². The molecule has 0 aliphatic heterocycles. The van der Waals surface area contributed by atoms with Crippen molar-refractivity contribution in [1.82, 2.24) is 5.32 Å². The van der Waals surface area contributed by atoms with Crippen LogP contribution in [-0.4, -0.2) is 5.91 Å². The van der Waals surface area contributed by atoms with Crippen LogP contribution in [0.3, 0.4) is 0 Å². The minimum Gasteiger partial charge on any atom is -0.344 e. The highest BCUT2D eigenvalue weighted by Gasteiger charge is 2.22. The van der Waals surface area contributed by atoms with Gasteiger partial charge in [0.1, 0.15) is 0 Å². The highest BCUT2D eigenvalue weighted by molar-refractivity contribution is 5.78. The summed E-state index contributed by atoms with van der Waals surface area (Å²) >= 11 is 0. The van der Waals surface area contributed by atoms with Crippen LogP contribution in [-0.2, 0) is 4.79 Å². The molecule has 0 aliphatic carbocycles. The number of benzene rings is 1. The van der Waals surface area contributed by atoms with Gasteiger partial charge in [-0.3, -0.25) is 4.79 Å². The van der Waals surface area contributed by atoms with Crippen LogP contribution in [0.2, 0.25) is 0 Å². The molecular formula is C16H19N2O+. The summed E-state index contributed by atoms with van der Waals surface area (Å²) < 4.78 is 1.90. The fourth-order valence-corrected chi connectivity index (χ4v) is 1.96. The smallest absolute Gasteiger partial charge is 0.289 e. The maximum Gasteiger partial charge on any atom is 0.289 e. The molecule has 2 atom stereocenters. The molecule has 2 rings (SSSR count). The van der Waals surface area contributed by atoms with Gasteiger partial charge < -0.3 is 5.32 Å². The highest BCUT2D eigenvalue weighted by Crippen LogP contribution is 2.11.